The first kappa shape index (κ1) is 14.1. The van der Waals surface area contributed by atoms with Crippen molar-refractivity contribution in [3.05, 3.63) is 41.7 Å². The van der Waals surface area contributed by atoms with Gasteiger partial charge in [0.25, 0.3) is 0 Å². The molecule has 1 rings (SSSR count). The molecular weight excluding hydrogens is 249 g/mol. The van der Waals surface area contributed by atoms with Crippen LogP contribution in [0.4, 0.5) is 13.2 Å². The molecule has 3 nitrogen and oxygen atoms in total. The standard InChI is InChI=1S/C12H11F3O3/c1-7(16)18-11(10(13)12(14)15)8-3-5-9(17-2)6-4-8/h3-6,11H,1-2H3. The largest absolute Gasteiger partial charge is 0.497 e. The molecule has 0 amide bonds. The van der Waals surface area contributed by atoms with E-state index in [0.29, 0.717) is 5.75 Å². The summed E-state index contributed by atoms with van der Waals surface area (Å²) in [6.07, 6.45) is -4.25. The summed E-state index contributed by atoms with van der Waals surface area (Å²) in [7, 11) is 1.43. The number of hydrogen-bond acceptors (Lipinski definition) is 3. The van der Waals surface area contributed by atoms with Crippen molar-refractivity contribution in [3.63, 3.8) is 0 Å². The van der Waals surface area contributed by atoms with E-state index in [1.807, 2.05) is 0 Å². The normalized spacial score (nSPS) is 11.6. The molecule has 1 atom stereocenters. The lowest BCUT2D eigenvalue weighted by atomic mass is 10.1. The fraction of sp³-hybridized carbons (Fsp3) is 0.250. The van der Waals surface area contributed by atoms with Crippen LogP contribution in [0.15, 0.2) is 36.2 Å². The summed E-state index contributed by atoms with van der Waals surface area (Å²) in [4.78, 5) is 10.8. The molecule has 18 heavy (non-hydrogen) atoms. The molecule has 98 valence electrons. The first-order chi connectivity index (χ1) is 8.45. The van der Waals surface area contributed by atoms with Crippen molar-refractivity contribution in [2.45, 2.75) is 13.0 Å². The highest BCUT2D eigenvalue weighted by Gasteiger charge is 2.24. The van der Waals surface area contributed by atoms with Crippen LogP contribution in [0.5, 0.6) is 5.75 Å². The van der Waals surface area contributed by atoms with E-state index in [-0.39, 0.29) is 5.56 Å². The molecule has 0 fully saturated rings. The van der Waals surface area contributed by atoms with Crippen molar-refractivity contribution in [1.29, 1.82) is 0 Å². The Morgan fingerprint density at radius 1 is 1.17 bits per heavy atom. The van der Waals surface area contributed by atoms with Gasteiger partial charge in [-0.25, -0.2) is 4.39 Å². The minimum Gasteiger partial charge on any atom is -0.497 e. The zero-order valence-corrected chi connectivity index (χ0v) is 9.75. The van der Waals surface area contributed by atoms with Crippen molar-refractivity contribution < 1.29 is 27.4 Å². The summed E-state index contributed by atoms with van der Waals surface area (Å²) in [5.74, 6) is -2.16. The van der Waals surface area contributed by atoms with Crippen LogP contribution in [0.3, 0.4) is 0 Å². The number of carbonyl (C=O) groups is 1. The number of methoxy groups -OCH3 is 1. The minimum absolute atomic E-state index is 0.0938. The van der Waals surface area contributed by atoms with Gasteiger partial charge in [-0.05, 0) is 17.7 Å². The summed E-state index contributed by atoms with van der Waals surface area (Å²) in [5, 5.41) is 0. The fourth-order valence-corrected chi connectivity index (χ4v) is 1.31. The van der Waals surface area contributed by atoms with Gasteiger partial charge >= 0.3 is 12.0 Å². The molecule has 0 aliphatic heterocycles. The Morgan fingerprint density at radius 3 is 2.11 bits per heavy atom. The van der Waals surface area contributed by atoms with E-state index in [4.69, 9.17) is 4.74 Å². The number of ether oxygens (including phenoxy) is 2. The van der Waals surface area contributed by atoms with Gasteiger partial charge in [-0.1, -0.05) is 12.1 Å². The van der Waals surface area contributed by atoms with Gasteiger partial charge in [0.15, 0.2) is 6.10 Å². The first-order valence-corrected chi connectivity index (χ1v) is 4.97. The topological polar surface area (TPSA) is 35.5 Å². The minimum atomic E-state index is -2.52. The molecule has 1 unspecified atom stereocenters. The Bertz CT molecular complexity index is 450. The molecule has 6 heteroatoms. The molecule has 0 radical (unpaired) electrons. The molecule has 0 heterocycles. The molecule has 0 saturated carbocycles. The summed E-state index contributed by atoms with van der Waals surface area (Å²) < 4.78 is 47.2. The van der Waals surface area contributed by atoms with Gasteiger partial charge < -0.3 is 9.47 Å². The second-order valence-corrected chi connectivity index (χ2v) is 3.37. The number of esters is 1. The van der Waals surface area contributed by atoms with E-state index in [1.165, 1.54) is 31.4 Å². The van der Waals surface area contributed by atoms with Crippen molar-refractivity contribution in [2.24, 2.45) is 0 Å². The Kier molecular flexibility index (Phi) is 4.76. The van der Waals surface area contributed by atoms with E-state index in [2.05, 4.69) is 4.74 Å². The van der Waals surface area contributed by atoms with Gasteiger partial charge in [-0.15, -0.1) is 0 Å². The Balaban J connectivity index is 3.09. The summed E-state index contributed by atoms with van der Waals surface area (Å²) in [6, 6.07) is 5.59. The molecule has 0 aliphatic rings. The zero-order valence-electron chi connectivity index (χ0n) is 9.75. The van der Waals surface area contributed by atoms with Crippen LogP contribution >= 0.6 is 0 Å². The van der Waals surface area contributed by atoms with Crippen LogP contribution in [0.25, 0.3) is 0 Å². The predicted molar refractivity (Wildman–Crippen MR) is 57.9 cm³/mol. The Labute approximate surface area is 102 Å². The highest BCUT2D eigenvalue weighted by Crippen LogP contribution is 2.31. The second kappa shape index (κ2) is 6.09. The smallest absolute Gasteiger partial charge is 0.305 e. The maximum absolute atomic E-state index is 13.2. The van der Waals surface area contributed by atoms with E-state index >= 15 is 0 Å². The van der Waals surface area contributed by atoms with Crippen LogP contribution in [0.1, 0.15) is 18.6 Å². The van der Waals surface area contributed by atoms with Crippen LogP contribution in [-0.4, -0.2) is 13.1 Å². The van der Waals surface area contributed by atoms with E-state index in [9.17, 15) is 18.0 Å². The Hall–Kier alpha value is -1.98. The summed E-state index contributed by atoms with van der Waals surface area (Å²) in [5.41, 5.74) is 0.0938. The van der Waals surface area contributed by atoms with E-state index in [0.717, 1.165) is 6.92 Å². The molecule has 0 aromatic heterocycles. The van der Waals surface area contributed by atoms with Gasteiger partial charge in [-0.2, -0.15) is 8.78 Å². The number of carbonyl (C=O) groups excluding carboxylic acids is 1. The summed E-state index contributed by atoms with van der Waals surface area (Å²) >= 11 is 0. The van der Waals surface area contributed by atoms with Crippen molar-refractivity contribution >= 4 is 5.97 Å². The van der Waals surface area contributed by atoms with Gasteiger partial charge in [0.1, 0.15) is 5.75 Å². The third-order valence-electron chi connectivity index (χ3n) is 2.11. The lowest BCUT2D eigenvalue weighted by Gasteiger charge is -2.15. The molecule has 0 bridgehead atoms. The molecule has 0 N–H and O–H groups in total. The molecule has 0 spiro atoms. The zero-order chi connectivity index (χ0) is 13.7. The van der Waals surface area contributed by atoms with Crippen LogP contribution < -0.4 is 4.74 Å². The Morgan fingerprint density at radius 2 is 1.72 bits per heavy atom. The number of halogens is 3. The third-order valence-corrected chi connectivity index (χ3v) is 2.11. The molecule has 0 aliphatic carbocycles. The van der Waals surface area contributed by atoms with Gasteiger partial charge in [0.05, 0.1) is 7.11 Å². The maximum Gasteiger partial charge on any atom is 0.305 e. The molecule has 0 saturated heterocycles. The van der Waals surface area contributed by atoms with Crippen molar-refractivity contribution in [3.8, 4) is 5.75 Å². The lowest BCUT2D eigenvalue weighted by Crippen LogP contribution is -2.09. The average molecular weight is 260 g/mol. The average Bonchev–Trinajstić information content (AvgIpc) is 2.35. The third kappa shape index (κ3) is 3.51. The molecule has 1 aromatic rings. The van der Waals surface area contributed by atoms with Gasteiger partial charge in [0.2, 0.25) is 5.83 Å². The molecule has 1 aromatic carbocycles. The van der Waals surface area contributed by atoms with Crippen LogP contribution in [0, 0.1) is 0 Å². The first-order valence-electron chi connectivity index (χ1n) is 4.97. The van der Waals surface area contributed by atoms with Gasteiger partial charge in [-0.3, -0.25) is 4.79 Å². The fourth-order valence-electron chi connectivity index (χ4n) is 1.31. The van der Waals surface area contributed by atoms with Gasteiger partial charge in [0, 0.05) is 6.92 Å². The van der Waals surface area contributed by atoms with Crippen LogP contribution in [0.2, 0.25) is 0 Å². The highest BCUT2D eigenvalue weighted by molar-refractivity contribution is 5.66. The van der Waals surface area contributed by atoms with E-state index in [1.54, 1.807) is 0 Å². The van der Waals surface area contributed by atoms with E-state index < -0.39 is 24.0 Å². The number of benzene rings is 1. The maximum atomic E-state index is 13.2. The number of rotatable bonds is 4. The van der Waals surface area contributed by atoms with Crippen molar-refractivity contribution in [1.82, 2.24) is 0 Å². The van der Waals surface area contributed by atoms with Crippen LogP contribution in [-0.2, 0) is 9.53 Å². The second-order valence-electron chi connectivity index (χ2n) is 3.37. The highest BCUT2D eigenvalue weighted by atomic mass is 19.3. The SMILES string of the molecule is COc1ccc(C(OC(C)=O)C(F)=C(F)F)cc1. The lowest BCUT2D eigenvalue weighted by molar-refractivity contribution is -0.145. The predicted octanol–water partition coefficient (Wildman–Crippen LogP) is 3.38. The molecular formula is C12H11F3O3. The summed E-state index contributed by atoms with van der Waals surface area (Å²) in [6.45, 7) is 1.01. The van der Waals surface area contributed by atoms with Crippen molar-refractivity contribution in [2.75, 3.05) is 7.11 Å². The quantitative estimate of drug-likeness (QED) is 0.778. The number of hydrogen-bond donors (Lipinski definition) is 0. The monoisotopic (exact) mass is 260 g/mol.